The van der Waals surface area contributed by atoms with Crippen LogP contribution in [0.3, 0.4) is 0 Å². The molecule has 0 bridgehead atoms. The zero-order valence-electron chi connectivity index (χ0n) is 12.6. The molecule has 3 rings (SSSR count). The number of benzene rings is 3. The Labute approximate surface area is 133 Å². The van der Waals surface area contributed by atoms with Crippen LogP contribution in [0.2, 0.25) is 0 Å². The number of aryl methyl sites for hydroxylation is 1. The predicted molar refractivity (Wildman–Crippen MR) is 86.6 cm³/mol. The van der Waals surface area contributed by atoms with Crippen LogP contribution in [0.5, 0.6) is 0 Å². The molecule has 0 N–H and O–H groups in total. The molecule has 0 atom stereocenters. The smallest absolute Gasteiger partial charge is 0.194 e. The van der Waals surface area contributed by atoms with Gasteiger partial charge in [-0.05, 0) is 46.4 Å². The highest BCUT2D eigenvalue weighted by atomic mass is 19.2. The van der Waals surface area contributed by atoms with Crippen molar-refractivity contribution >= 4 is 0 Å². The Morgan fingerprint density at radius 2 is 1.00 bits per heavy atom. The second-order valence-corrected chi connectivity index (χ2v) is 5.38. The minimum absolute atomic E-state index is 0.314. The molecule has 0 saturated heterocycles. The van der Waals surface area contributed by atoms with Gasteiger partial charge in [-0.1, -0.05) is 55.5 Å². The molecule has 0 saturated carbocycles. The van der Waals surface area contributed by atoms with Crippen LogP contribution >= 0.6 is 0 Å². The van der Waals surface area contributed by atoms with Gasteiger partial charge in [-0.25, -0.2) is 13.2 Å². The number of rotatable bonds is 3. The summed E-state index contributed by atoms with van der Waals surface area (Å²) in [5, 5.41) is 0. The van der Waals surface area contributed by atoms with E-state index in [1.165, 1.54) is 5.56 Å². The molecule has 23 heavy (non-hydrogen) atoms. The van der Waals surface area contributed by atoms with Crippen LogP contribution in [0.4, 0.5) is 13.2 Å². The normalized spacial score (nSPS) is 10.8. The van der Waals surface area contributed by atoms with E-state index in [1.807, 2.05) is 24.3 Å². The van der Waals surface area contributed by atoms with Crippen molar-refractivity contribution < 1.29 is 13.2 Å². The molecule has 0 aliphatic carbocycles. The molecular weight excluding hydrogens is 297 g/mol. The lowest BCUT2D eigenvalue weighted by Gasteiger charge is -2.07. The molecule has 0 unspecified atom stereocenters. The monoisotopic (exact) mass is 312 g/mol. The van der Waals surface area contributed by atoms with Crippen LogP contribution in [-0.4, -0.2) is 0 Å². The molecule has 0 fully saturated rings. The van der Waals surface area contributed by atoms with Gasteiger partial charge in [-0.2, -0.15) is 0 Å². The number of hydrogen-bond acceptors (Lipinski definition) is 0. The molecule has 0 amide bonds. The lowest BCUT2D eigenvalue weighted by molar-refractivity contribution is 0.448. The fourth-order valence-electron chi connectivity index (χ4n) is 2.51. The second kappa shape index (κ2) is 6.29. The van der Waals surface area contributed by atoms with Gasteiger partial charge in [-0.15, -0.1) is 0 Å². The van der Waals surface area contributed by atoms with Crippen molar-refractivity contribution in [1.82, 2.24) is 0 Å². The first-order chi connectivity index (χ1) is 11.1. The molecule has 116 valence electrons. The second-order valence-electron chi connectivity index (χ2n) is 5.38. The summed E-state index contributed by atoms with van der Waals surface area (Å²) in [5.41, 5.74) is 4.30. The lowest BCUT2D eigenvalue weighted by atomic mass is 9.99. The SMILES string of the molecule is CCc1ccc(-c2ccc(-c3cc(F)c(F)c(F)c3)cc2)cc1. The van der Waals surface area contributed by atoms with Crippen molar-refractivity contribution in [1.29, 1.82) is 0 Å². The highest BCUT2D eigenvalue weighted by molar-refractivity contribution is 5.70. The van der Waals surface area contributed by atoms with Crippen molar-refractivity contribution in [3.05, 3.63) is 83.7 Å². The number of hydrogen-bond donors (Lipinski definition) is 0. The molecule has 3 aromatic rings. The molecule has 3 aromatic carbocycles. The maximum Gasteiger partial charge on any atom is 0.194 e. The van der Waals surface area contributed by atoms with E-state index in [-0.39, 0.29) is 0 Å². The zero-order valence-corrected chi connectivity index (χ0v) is 12.6. The maximum atomic E-state index is 13.3. The quantitative estimate of drug-likeness (QED) is 0.520. The Morgan fingerprint density at radius 1 is 0.609 bits per heavy atom. The summed E-state index contributed by atoms with van der Waals surface area (Å²) in [7, 11) is 0. The van der Waals surface area contributed by atoms with E-state index in [9.17, 15) is 13.2 Å². The Morgan fingerprint density at radius 3 is 1.43 bits per heavy atom. The van der Waals surface area contributed by atoms with Gasteiger partial charge < -0.3 is 0 Å². The summed E-state index contributed by atoms with van der Waals surface area (Å²) in [4.78, 5) is 0. The van der Waals surface area contributed by atoms with E-state index in [1.54, 1.807) is 12.1 Å². The molecule has 0 radical (unpaired) electrons. The van der Waals surface area contributed by atoms with Crippen LogP contribution in [0, 0.1) is 17.5 Å². The molecule has 3 heteroatoms. The third kappa shape index (κ3) is 3.14. The molecule has 0 spiro atoms. The summed E-state index contributed by atoms with van der Waals surface area (Å²) in [6.07, 6.45) is 0.987. The van der Waals surface area contributed by atoms with E-state index < -0.39 is 17.5 Å². The minimum atomic E-state index is -1.44. The topological polar surface area (TPSA) is 0 Å². The van der Waals surface area contributed by atoms with Gasteiger partial charge >= 0.3 is 0 Å². The summed E-state index contributed by atoms with van der Waals surface area (Å²) >= 11 is 0. The van der Waals surface area contributed by atoms with Crippen LogP contribution in [0.1, 0.15) is 12.5 Å². The van der Waals surface area contributed by atoms with Crippen molar-refractivity contribution in [2.45, 2.75) is 13.3 Å². The van der Waals surface area contributed by atoms with Gasteiger partial charge in [0.1, 0.15) is 0 Å². The summed E-state index contributed by atoms with van der Waals surface area (Å²) < 4.78 is 39.7. The predicted octanol–water partition coefficient (Wildman–Crippen LogP) is 6.00. The fourth-order valence-corrected chi connectivity index (χ4v) is 2.51. The van der Waals surface area contributed by atoms with E-state index in [4.69, 9.17) is 0 Å². The standard InChI is InChI=1S/C20H15F3/c1-2-13-3-5-14(6-4-13)15-7-9-16(10-8-15)17-11-18(21)20(23)19(22)12-17/h3-12H,2H2,1H3. The lowest BCUT2D eigenvalue weighted by Crippen LogP contribution is -1.91. The van der Waals surface area contributed by atoms with Gasteiger partial charge in [0.15, 0.2) is 17.5 Å². The average Bonchev–Trinajstić information content (AvgIpc) is 2.59. The highest BCUT2D eigenvalue weighted by Gasteiger charge is 2.11. The third-order valence-corrected chi connectivity index (χ3v) is 3.90. The maximum absolute atomic E-state index is 13.3. The molecular formula is C20H15F3. The molecule has 0 aliphatic rings. The molecule has 0 heterocycles. The van der Waals surface area contributed by atoms with Crippen molar-refractivity contribution in [2.24, 2.45) is 0 Å². The largest absolute Gasteiger partial charge is 0.204 e. The highest BCUT2D eigenvalue weighted by Crippen LogP contribution is 2.27. The van der Waals surface area contributed by atoms with Crippen LogP contribution < -0.4 is 0 Å². The van der Waals surface area contributed by atoms with Gasteiger partial charge in [0, 0.05) is 0 Å². The first-order valence-corrected chi connectivity index (χ1v) is 7.43. The van der Waals surface area contributed by atoms with Crippen LogP contribution in [0.25, 0.3) is 22.3 Å². The van der Waals surface area contributed by atoms with Crippen molar-refractivity contribution in [2.75, 3.05) is 0 Å². The fraction of sp³-hybridized carbons (Fsp3) is 0.100. The van der Waals surface area contributed by atoms with Gasteiger partial charge in [0.05, 0.1) is 0 Å². The Hall–Kier alpha value is -2.55. The number of halogens is 3. The average molecular weight is 312 g/mol. The van der Waals surface area contributed by atoms with Crippen LogP contribution in [-0.2, 0) is 6.42 Å². The molecule has 0 nitrogen and oxygen atoms in total. The first-order valence-electron chi connectivity index (χ1n) is 7.43. The summed E-state index contributed by atoms with van der Waals surface area (Å²) in [6.45, 7) is 2.10. The third-order valence-electron chi connectivity index (χ3n) is 3.90. The van der Waals surface area contributed by atoms with Crippen molar-refractivity contribution in [3.8, 4) is 22.3 Å². The Balaban J connectivity index is 1.92. The molecule has 0 aromatic heterocycles. The first kappa shape index (κ1) is 15.3. The van der Waals surface area contributed by atoms with Crippen molar-refractivity contribution in [3.63, 3.8) is 0 Å². The summed E-state index contributed by atoms with van der Waals surface area (Å²) in [5.74, 6) is -3.81. The van der Waals surface area contributed by atoms with Gasteiger partial charge in [0.2, 0.25) is 0 Å². The van der Waals surface area contributed by atoms with E-state index in [0.29, 0.717) is 11.1 Å². The Bertz CT molecular complexity index is 796. The van der Waals surface area contributed by atoms with E-state index in [2.05, 4.69) is 19.1 Å². The molecule has 0 aliphatic heterocycles. The van der Waals surface area contributed by atoms with E-state index in [0.717, 1.165) is 29.7 Å². The van der Waals surface area contributed by atoms with Gasteiger partial charge in [0.25, 0.3) is 0 Å². The van der Waals surface area contributed by atoms with Gasteiger partial charge in [-0.3, -0.25) is 0 Å². The zero-order chi connectivity index (χ0) is 16.4. The Kier molecular flexibility index (Phi) is 4.20. The summed E-state index contributed by atoms with van der Waals surface area (Å²) in [6, 6.07) is 17.6. The van der Waals surface area contributed by atoms with Crippen LogP contribution in [0.15, 0.2) is 60.7 Å². The van der Waals surface area contributed by atoms with E-state index >= 15 is 0 Å². The minimum Gasteiger partial charge on any atom is -0.204 e.